The van der Waals surface area contributed by atoms with Gasteiger partial charge in [0.1, 0.15) is 66.9 Å². The predicted molar refractivity (Wildman–Crippen MR) is 292 cm³/mol. The number of aliphatic hydroxyl groups excluding tert-OH is 6. The number of hydrogen-bond acceptors (Lipinski definition) is 17. The molecule has 5 fully saturated rings. The molecule has 24 heteroatoms. The summed E-state index contributed by atoms with van der Waals surface area (Å²) in [5.41, 5.74) is 5.84. The molecule has 14 N–H and O–H groups in total. The van der Waals surface area contributed by atoms with Crippen molar-refractivity contribution in [2.24, 2.45) is 23.5 Å². The third-order valence-corrected chi connectivity index (χ3v) is 17.2. The highest BCUT2D eigenvalue weighted by Gasteiger charge is 2.51. The van der Waals surface area contributed by atoms with E-state index in [1.165, 1.54) is 24.3 Å². The van der Waals surface area contributed by atoms with E-state index in [0.29, 0.717) is 23.4 Å². The van der Waals surface area contributed by atoms with E-state index >= 15 is 4.79 Å². The lowest BCUT2D eigenvalue weighted by Gasteiger charge is -2.47. The van der Waals surface area contributed by atoms with Gasteiger partial charge in [0.05, 0.1) is 57.5 Å². The van der Waals surface area contributed by atoms with Gasteiger partial charge in [-0.15, -0.1) is 0 Å². The Morgan fingerprint density at radius 1 is 0.738 bits per heavy atom. The van der Waals surface area contributed by atoms with Crippen molar-refractivity contribution in [3.63, 3.8) is 0 Å². The first-order valence-corrected chi connectivity index (χ1v) is 29.1. The van der Waals surface area contributed by atoms with Crippen LogP contribution < -0.4 is 32.3 Å². The summed E-state index contributed by atoms with van der Waals surface area (Å²) in [6.07, 6.45) is -4.62. The second kappa shape index (κ2) is 29.6. The number of phenols is 1. The van der Waals surface area contributed by atoms with Crippen LogP contribution in [0.5, 0.6) is 5.75 Å². The van der Waals surface area contributed by atoms with Crippen LogP contribution in [0.15, 0.2) is 24.3 Å². The molecule has 80 heavy (non-hydrogen) atoms. The number of rotatable bonds is 9. The van der Waals surface area contributed by atoms with Crippen LogP contribution in [-0.4, -0.2) is 231 Å². The molecule has 1 aromatic carbocycles. The minimum Gasteiger partial charge on any atom is -0.508 e. The summed E-state index contributed by atoms with van der Waals surface area (Å²) in [6.45, 7) is 7.93. The molecule has 0 radical (unpaired) electrons. The van der Waals surface area contributed by atoms with Gasteiger partial charge in [-0.1, -0.05) is 77.8 Å². The molecule has 452 valence electrons. The van der Waals surface area contributed by atoms with Gasteiger partial charge in [-0.2, -0.15) is 0 Å². The minimum atomic E-state index is -2.24. The maximum Gasteiger partial charge on any atom is 0.248 e. The maximum absolute atomic E-state index is 15.2. The summed E-state index contributed by atoms with van der Waals surface area (Å²) in [7, 11) is 4.02. The molecular formula is C56H94N9O15+. The fraction of sp³-hybridized carbons (Fsp3) is 0.786. The molecule has 5 aliphatic rings. The van der Waals surface area contributed by atoms with Crippen LogP contribution in [0, 0.1) is 17.8 Å². The number of fused-ring (bicyclic) bond motifs is 5. The van der Waals surface area contributed by atoms with Crippen molar-refractivity contribution in [3.05, 3.63) is 29.8 Å². The van der Waals surface area contributed by atoms with Gasteiger partial charge in [0.15, 0.2) is 6.23 Å². The Balaban J connectivity index is 1.47. The Hall–Kier alpha value is -4.60. The molecule has 6 amide bonds. The van der Waals surface area contributed by atoms with Crippen LogP contribution in [0.1, 0.15) is 123 Å². The Morgan fingerprint density at radius 3 is 2.05 bits per heavy atom. The Labute approximate surface area is 470 Å². The summed E-state index contributed by atoms with van der Waals surface area (Å²) >= 11 is 0. The Morgan fingerprint density at radius 2 is 1.40 bits per heavy atom. The normalized spacial score (nSPS) is 35.7. The molecule has 1 aromatic rings. The Bertz CT molecular complexity index is 2210. The lowest BCUT2D eigenvalue weighted by Crippen LogP contribution is -2.65. The van der Waals surface area contributed by atoms with Gasteiger partial charge < -0.3 is 91.8 Å². The number of carbonyl (C=O) groups is 6. The molecule has 5 heterocycles. The molecule has 5 saturated heterocycles. The van der Waals surface area contributed by atoms with Gasteiger partial charge in [-0.25, -0.2) is 0 Å². The molecule has 2 bridgehead atoms. The standard InChI is InChI=1S/C56H93N9O15/c1-31-14-12-10-8-7-9-11-13-22-58-39-26-42(69)54(80-30-36-20-23-65(36,5)6)62-53(76)46-47(70)33(3)27-64(46)56(78)44(41(68)19-21-57)60-52(75)45(49(72)48(71)35-15-17-37(66)18-16-35)61-51(74)40-25-38(67)28-63(40)55(77)43(59-50(39)73)34(4)79-29-32(2)24-31/h15-18,31-34,36,38-49,54,58,67-72H,7-14,19-30,57H2,1-6H3,(H4-,59,60,61,62,66,73,74,75,76)/p+1/t31-,32-,33+,34-,36+,38-,39+,40+,41-,42-,43+,44+,45+,46+,47+,48+,49+,54-/m1/s1. The van der Waals surface area contributed by atoms with Crippen LogP contribution in [0.3, 0.4) is 0 Å². The number of nitrogens with two attached hydrogens (primary N) is 1. The van der Waals surface area contributed by atoms with Crippen molar-refractivity contribution < 1.29 is 78.5 Å². The van der Waals surface area contributed by atoms with E-state index in [1.54, 1.807) is 13.8 Å². The smallest absolute Gasteiger partial charge is 0.248 e. The molecule has 0 aliphatic carbocycles. The van der Waals surface area contributed by atoms with E-state index in [9.17, 15) is 59.7 Å². The number of likely N-dealkylation sites (N-methyl/N-ethyl adjacent to an activating group) is 1. The van der Waals surface area contributed by atoms with Gasteiger partial charge >= 0.3 is 0 Å². The SMILES string of the molecule is C[C@@H]1CCCCCCCCCN[C@H]2C[C@@H](O)[C@@H](OC[C@@H]3CC[N+]3(C)C)NC(=O)[C@@H]3[C@@H](O)[C@@H](C)CN3C(=O)[C@H]([C@H](O)CCN)NC(=O)[C@H]([C@H](O)[C@@H](O)c3ccc(O)cc3)NC(=O)[C@@H]3C[C@@H](O)CN3C(=O)[C@@H](NC2=O)[C@@H](C)OC[C@H](C)C1. The van der Waals surface area contributed by atoms with Crippen molar-refractivity contribution in [2.45, 2.75) is 202 Å². The van der Waals surface area contributed by atoms with E-state index < -0.39 is 133 Å². The average Bonchev–Trinajstić information content (AvgIpc) is 4.01. The van der Waals surface area contributed by atoms with Gasteiger partial charge in [-0.05, 0) is 68.8 Å². The number of hydrogen-bond donors (Lipinski definition) is 13. The summed E-state index contributed by atoms with van der Waals surface area (Å²) in [4.78, 5) is 91.6. The van der Waals surface area contributed by atoms with E-state index in [4.69, 9.17) is 15.2 Å². The molecule has 24 nitrogen and oxygen atoms in total. The van der Waals surface area contributed by atoms with Crippen LogP contribution in [0.2, 0.25) is 0 Å². The van der Waals surface area contributed by atoms with Crippen molar-refractivity contribution in [1.82, 2.24) is 36.4 Å². The number of aromatic hydroxyl groups is 1. The highest BCUT2D eigenvalue weighted by molar-refractivity contribution is 5.98. The highest BCUT2D eigenvalue weighted by Crippen LogP contribution is 2.30. The fourth-order valence-corrected chi connectivity index (χ4v) is 11.9. The fourth-order valence-electron chi connectivity index (χ4n) is 11.9. The minimum absolute atomic E-state index is 0.0151. The first-order valence-electron chi connectivity index (χ1n) is 29.1. The molecule has 6 rings (SSSR count). The average molecular weight is 1130 g/mol. The lowest BCUT2D eigenvalue weighted by atomic mass is 9.92. The van der Waals surface area contributed by atoms with Crippen LogP contribution in [0.25, 0.3) is 0 Å². The second-order valence-electron chi connectivity index (χ2n) is 24.2. The molecule has 5 aliphatic heterocycles. The molecule has 18 atom stereocenters. The number of carbonyl (C=O) groups excluding carboxylic acids is 6. The summed E-state index contributed by atoms with van der Waals surface area (Å²) in [5, 5.41) is 94.1. The molecule has 0 spiro atoms. The lowest BCUT2D eigenvalue weighted by molar-refractivity contribution is -0.955. The van der Waals surface area contributed by atoms with Gasteiger partial charge in [0.2, 0.25) is 35.4 Å². The van der Waals surface area contributed by atoms with Gasteiger partial charge in [0, 0.05) is 38.5 Å². The zero-order valence-electron chi connectivity index (χ0n) is 47.7. The number of quaternary nitrogens is 1. The van der Waals surface area contributed by atoms with Crippen molar-refractivity contribution >= 4 is 35.4 Å². The van der Waals surface area contributed by atoms with Crippen molar-refractivity contribution in [1.29, 1.82) is 0 Å². The molecule has 0 saturated carbocycles. The number of amides is 6. The van der Waals surface area contributed by atoms with E-state index in [1.807, 2.05) is 21.0 Å². The number of nitrogens with zero attached hydrogens (tertiary/aromatic N) is 3. The van der Waals surface area contributed by atoms with Crippen LogP contribution in [0.4, 0.5) is 0 Å². The Kier molecular flexibility index (Phi) is 23.9. The topological polar surface area (TPSA) is 355 Å². The predicted octanol–water partition coefficient (Wildman–Crippen LogP) is -1.65. The third-order valence-electron chi connectivity index (χ3n) is 17.2. The largest absolute Gasteiger partial charge is 0.508 e. The monoisotopic (exact) mass is 1130 g/mol. The first kappa shape index (κ1) is 64.6. The van der Waals surface area contributed by atoms with Gasteiger partial charge in [-0.3, -0.25) is 28.8 Å². The van der Waals surface area contributed by atoms with Crippen LogP contribution in [-0.2, 0) is 38.2 Å². The van der Waals surface area contributed by atoms with Crippen molar-refractivity contribution in [2.75, 3.05) is 60.0 Å². The number of aliphatic hydroxyl groups is 6. The number of ether oxygens (including phenoxy) is 2. The number of likely N-dealkylation sites (tertiary alicyclic amines) is 1. The first-order chi connectivity index (χ1) is 37.9. The zero-order valence-corrected chi connectivity index (χ0v) is 47.7. The van der Waals surface area contributed by atoms with E-state index in [2.05, 4.69) is 33.5 Å². The maximum atomic E-state index is 15.2. The summed E-state index contributed by atoms with van der Waals surface area (Å²) < 4.78 is 13.4. The summed E-state index contributed by atoms with van der Waals surface area (Å²) in [5.74, 6) is -6.58. The number of nitrogens with one attached hydrogen (secondary N) is 5. The van der Waals surface area contributed by atoms with Gasteiger partial charge in [0.25, 0.3) is 0 Å². The molecule has 0 unspecified atom stereocenters. The van der Waals surface area contributed by atoms with E-state index in [-0.39, 0.29) is 68.8 Å². The zero-order chi connectivity index (χ0) is 58.6. The molecular weight excluding hydrogens is 1040 g/mol. The number of phenolic OH excluding ortho intramolecular Hbond substituents is 1. The molecule has 0 aromatic heterocycles. The summed E-state index contributed by atoms with van der Waals surface area (Å²) in [6, 6.07) is -5.28. The second-order valence-corrected chi connectivity index (χ2v) is 24.2. The van der Waals surface area contributed by atoms with Crippen LogP contribution >= 0.6 is 0 Å². The quantitative estimate of drug-likeness (QED) is 0.123. The van der Waals surface area contributed by atoms with E-state index in [0.717, 1.165) is 74.1 Å². The van der Waals surface area contributed by atoms with Crippen molar-refractivity contribution in [3.8, 4) is 5.75 Å². The highest BCUT2D eigenvalue weighted by atomic mass is 16.5. The number of benzene rings is 1. The third kappa shape index (κ3) is 16.8.